The second kappa shape index (κ2) is 14.6. The molecule has 51 heavy (non-hydrogen) atoms. The summed E-state index contributed by atoms with van der Waals surface area (Å²) in [5, 5.41) is 30.2. The highest BCUT2D eigenvalue weighted by atomic mass is 19.1. The van der Waals surface area contributed by atoms with Crippen LogP contribution in [-0.2, 0) is 47.9 Å². The van der Waals surface area contributed by atoms with Gasteiger partial charge in [0.05, 0.1) is 12.5 Å². The molecular formula is C32H42FN3O15. The lowest BCUT2D eigenvalue weighted by molar-refractivity contribution is -0.790. The molecule has 0 aromatic heterocycles. The van der Waals surface area contributed by atoms with E-state index in [9.17, 15) is 49.3 Å². The summed E-state index contributed by atoms with van der Waals surface area (Å²) < 4.78 is 33.5. The third-order valence-electron chi connectivity index (χ3n) is 11.2. The fourth-order valence-electron chi connectivity index (χ4n) is 8.88. The number of halogens is 1. The number of nitrogens with zero attached hydrogens (tertiary/aromatic N) is 2. The molecule has 3 N–H and O–H groups in total. The lowest BCUT2D eigenvalue weighted by Crippen LogP contribution is -2.70. The van der Waals surface area contributed by atoms with Crippen LogP contribution < -0.4 is 5.73 Å². The van der Waals surface area contributed by atoms with E-state index in [1.54, 1.807) is 20.8 Å². The summed E-state index contributed by atoms with van der Waals surface area (Å²) in [6.07, 6.45) is 0.509. The summed E-state index contributed by atoms with van der Waals surface area (Å²) in [6, 6.07) is -1.69. The van der Waals surface area contributed by atoms with E-state index in [2.05, 4.69) is 9.68 Å². The van der Waals surface area contributed by atoms with Crippen molar-refractivity contribution in [2.24, 2.45) is 34.3 Å². The molecule has 3 saturated carbocycles. The number of aliphatic hydroxyl groups excluding tert-OH is 1. The molecule has 3 fully saturated rings. The van der Waals surface area contributed by atoms with Gasteiger partial charge in [-0.1, -0.05) is 32.4 Å². The van der Waals surface area contributed by atoms with Gasteiger partial charge in [-0.3, -0.25) is 24.0 Å². The molecule has 4 aliphatic rings. The summed E-state index contributed by atoms with van der Waals surface area (Å²) in [7, 11) is 0. The molecule has 0 bridgehead atoms. The zero-order valence-corrected chi connectivity index (χ0v) is 28.6. The van der Waals surface area contributed by atoms with Crippen molar-refractivity contribution in [3.05, 3.63) is 44.0 Å². The van der Waals surface area contributed by atoms with E-state index in [4.69, 9.17) is 19.9 Å². The Morgan fingerprint density at radius 1 is 1.10 bits per heavy atom. The van der Waals surface area contributed by atoms with Crippen LogP contribution in [0.5, 0.6) is 0 Å². The molecule has 0 spiro atoms. The van der Waals surface area contributed by atoms with Gasteiger partial charge < -0.3 is 34.7 Å². The molecule has 4 rings (SSSR count). The van der Waals surface area contributed by atoms with Gasteiger partial charge in [0.1, 0.15) is 19.3 Å². The summed E-state index contributed by atoms with van der Waals surface area (Å²) in [4.78, 5) is 93.5. The molecule has 4 unspecified atom stereocenters. The van der Waals surface area contributed by atoms with Gasteiger partial charge in [-0.15, -0.1) is 20.2 Å². The van der Waals surface area contributed by atoms with Gasteiger partial charge in [0.2, 0.25) is 5.78 Å². The molecule has 18 nitrogen and oxygen atoms in total. The summed E-state index contributed by atoms with van der Waals surface area (Å²) in [5.74, 6) is -6.30. The van der Waals surface area contributed by atoms with Crippen LogP contribution in [0.3, 0.4) is 0 Å². The van der Waals surface area contributed by atoms with Gasteiger partial charge in [-0.25, -0.2) is 4.39 Å². The van der Waals surface area contributed by atoms with Crippen LogP contribution in [0.15, 0.2) is 23.8 Å². The smallest absolute Gasteiger partial charge is 0.323 e. The summed E-state index contributed by atoms with van der Waals surface area (Å²) in [6.45, 7) is 3.73. The van der Waals surface area contributed by atoms with Crippen LogP contribution in [0.25, 0.3) is 0 Å². The lowest BCUT2D eigenvalue weighted by Gasteiger charge is -2.62. The van der Waals surface area contributed by atoms with Crippen LogP contribution in [0.2, 0.25) is 0 Å². The van der Waals surface area contributed by atoms with E-state index in [1.807, 2.05) is 0 Å². The van der Waals surface area contributed by atoms with E-state index < -0.39 is 118 Å². The molecule has 4 aliphatic carbocycles. The van der Waals surface area contributed by atoms with Gasteiger partial charge in [0.15, 0.2) is 29.8 Å². The number of aliphatic hydroxyl groups is 1. The monoisotopic (exact) mass is 727 g/mol. The second-order valence-corrected chi connectivity index (χ2v) is 14.0. The predicted octanol–water partition coefficient (Wildman–Crippen LogP) is 1.45. The maximum Gasteiger partial charge on any atom is 0.323 e. The SMILES string of the molecule is CCC(=O)O[C@]1(C(=O)COC(=O)CC(N)C(=O)OCC(CO[N+](=O)[O-])O[N+](=O)[O-])[C@@H](C)CC2C3CCC4=CC(=O)C=C[C@]4(C)[C@@]3(F)[C@@H](O)C[C@@]21C. The molecule has 19 heteroatoms. The van der Waals surface area contributed by atoms with Crippen LogP contribution in [0.4, 0.5) is 4.39 Å². The van der Waals surface area contributed by atoms with Crippen molar-refractivity contribution in [3.8, 4) is 0 Å². The molecule has 10 atom stereocenters. The minimum Gasteiger partial charge on any atom is -0.462 e. The highest BCUT2D eigenvalue weighted by Gasteiger charge is 2.77. The number of hydrogen-bond donors (Lipinski definition) is 2. The number of Topliss-reactive ketones (excluding diaryl/α,β-unsaturated/α-hetero) is 1. The van der Waals surface area contributed by atoms with E-state index >= 15 is 4.39 Å². The van der Waals surface area contributed by atoms with Gasteiger partial charge in [-0.2, -0.15) is 0 Å². The third-order valence-corrected chi connectivity index (χ3v) is 11.2. The predicted molar refractivity (Wildman–Crippen MR) is 166 cm³/mol. The zero-order valence-electron chi connectivity index (χ0n) is 28.6. The fourth-order valence-corrected chi connectivity index (χ4v) is 8.88. The first-order chi connectivity index (χ1) is 23.8. The Kier molecular flexibility index (Phi) is 11.2. The lowest BCUT2D eigenvalue weighted by atomic mass is 9.44. The molecule has 0 amide bonds. The Hall–Kier alpha value is -4.52. The molecule has 0 saturated heterocycles. The van der Waals surface area contributed by atoms with Crippen molar-refractivity contribution in [2.75, 3.05) is 19.8 Å². The van der Waals surface area contributed by atoms with Gasteiger partial charge in [0.25, 0.3) is 10.2 Å². The molecular weight excluding hydrogens is 685 g/mol. The average molecular weight is 728 g/mol. The first-order valence-electron chi connectivity index (χ1n) is 16.5. The minimum absolute atomic E-state index is 0.116. The van der Waals surface area contributed by atoms with E-state index in [0.29, 0.717) is 12.0 Å². The van der Waals surface area contributed by atoms with Crippen LogP contribution in [-0.4, -0.2) is 94.1 Å². The van der Waals surface area contributed by atoms with E-state index in [-0.39, 0.29) is 31.5 Å². The van der Waals surface area contributed by atoms with Crippen LogP contribution in [0.1, 0.15) is 66.2 Å². The number of rotatable bonds is 15. The standard InChI is InChI=1S/C32H42FN3O15/c1-5-26(40)50-32(25(39)16-47-27(41)12-23(34)28(42)48-14-20(51-36(45)46)15-49-35(43)44)17(2)10-22-21-7-6-18-11-19(37)8-9-29(18,3)31(21,33)24(38)13-30(22,32)4/h8-9,11,17,20-24,38H,5-7,10,12-16,34H2,1-4H3/t17-,20?,21?,22?,23?,24-,29-,30-,31-,32-/m0/s1. The van der Waals surface area contributed by atoms with E-state index in [1.165, 1.54) is 25.2 Å². The van der Waals surface area contributed by atoms with Crippen LogP contribution >= 0.6 is 0 Å². The second-order valence-electron chi connectivity index (χ2n) is 14.0. The van der Waals surface area contributed by atoms with Crippen molar-refractivity contribution in [3.63, 3.8) is 0 Å². The first-order valence-corrected chi connectivity index (χ1v) is 16.5. The van der Waals surface area contributed by atoms with Crippen molar-refractivity contribution in [2.45, 2.75) is 95.7 Å². The van der Waals surface area contributed by atoms with Gasteiger partial charge in [-0.05, 0) is 50.7 Å². The number of esters is 3. The molecule has 0 heterocycles. The number of nitrogens with two attached hydrogens (primary N) is 1. The number of fused-ring (bicyclic) bond motifs is 5. The summed E-state index contributed by atoms with van der Waals surface area (Å²) in [5.41, 5.74) is -0.464. The van der Waals surface area contributed by atoms with Crippen molar-refractivity contribution < 1.29 is 67.5 Å². The topological polar surface area (TPSA) is 264 Å². The Balaban J connectivity index is 1.50. The van der Waals surface area contributed by atoms with Crippen molar-refractivity contribution >= 4 is 29.5 Å². The number of hydrogen-bond acceptors (Lipinski definition) is 16. The third kappa shape index (κ3) is 6.92. The van der Waals surface area contributed by atoms with E-state index in [0.717, 1.165) is 0 Å². The zero-order chi connectivity index (χ0) is 38.1. The normalized spacial score (nSPS) is 34.7. The van der Waals surface area contributed by atoms with Crippen molar-refractivity contribution in [1.82, 2.24) is 0 Å². The highest BCUT2D eigenvalue weighted by Crippen LogP contribution is 2.71. The van der Waals surface area contributed by atoms with Crippen molar-refractivity contribution in [1.29, 1.82) is 0 Å². The number of ketones is 2. The highest BCUT2D eigenvalue weighted by molar-refractivity contribution is 6.01. The van der Waals surface area contributed by atoms with Crippen LogP contribution in [0, 0.1) is 48.8 Å². The number of carbonyl (C=O) groups is 5. The largest absolute Gasteiger partial charge is 0.462 e. The first kappa shape index (κ1) is 39.3. The quantitative estimate of drug-likeness (QED) is 0.105. The fraction of sp³-hybridized carbons (Fsp3) is 0.719. The molecule has 282 valence electrons. The Morgan fingerprint density at radius 2 is 1.78 bits per heavy atom. The Morgan fingerprint density at radius 3 is 2.41 bits per heavy atom. The number of carbonyl (C=O) groups excluding carboxylic acids is 5. The average Bonchev–Trinajstić information content (AvgIpc) is 3.27. The number of alkyl halides is 1. The van der Waals surface area contributed by atoms with Gasteiger partial charge >= 0.3 is 17.9 Å². The molecule has 0 aromatic rings. The Labute approximate surface area is 291 Å². The number of allylic oxidation sites excluding steroid dienone is 4. The maximum atomic E-state index is 17.6. The number of ether oxygens (including phenoxy) is 3. The van der Waals surface area contributed by atoms with Gasteiger partial charge in [0, 0.05) is 29.1 Å². The minimum atomic E-state index is -2.21. The summed E-state index contributed by atoms with van der Waals surface area (Å²) >= 11 is 0. The Bertz CT molecular complexity index is 1540. The maximum absolute atomic E-state index is 17.6. The molecule has 0 radical (unpaired) electrons. The molecule has 0 aliphatic heterocycles. The molecule has 0 aromatic carbocycles.